The zero-order valence-electron chi connectivity index (χ0n) is 23.8. The Balaban J connectivity index is 1.43. The minimum absolute atomic E-state index is 0.157. The highest BCUT2D eigenvalue weighted by molar-refractivity contribution is 6.13. The van der Waals surface area contributed by atoms with Gasteiger partial charge in [-0.1, -0.05) is 123 Å². The number of benzene rings is 6. The van der Waals surface area contributed by atoms with Gasteiger partial charge < -0.3 is 4.90 Å². The van der Waals surface area contributed by atoms with Crippen LogP contribution in [0.1, 0.15) is 25.0 Å². The molecule has 0 radical (unpaired) electrons. The van der Waals surface area contributed by atoms with Crippen LogP contribution in [-0.4, -0.2) is 4.98 Å². The van der Waals surface area contributed by atoms with Crippen molar-refractivity contribution in [3.05, 3.63) is 157 Å². The lowest BCUT2D eigenvalue weighted by atomic mass is 9.81. The van der Waals surface area contributed by atoms with Crippen molar-refractivity contribution in [2.45, 2.75) is 19.3 Å². The number of anilines is 3. The van der Waals surface area contributed by atoms with Crippen LogP contribution in [0.25, 0.3) is 43.9 Å². The Morgan fingerprint density at radius 2 is 1.19 bits per heavy atom. The second-order valence-electron chi connectivity index (χ2n) is 11.6. The van der Waals surface area contributed by atoms with Gasteiger partial charge in [-0.25, -0.2) is 0 Å². The van der Waals surface area contributed by atoms with E-state index in [1.165, 1.54) is 44.5 Å². The molecule has 6 aromatic carbocycles. The molecule has 0 amide bonds. The van der Waals surface area contributed by atoms with Crippen LogP contribution in [0.5, 0.6) is 0 Å². The van der Waals surface area contributed by atoms with Crippen LogP contribution >= 0.6 is 0 Å². The Kier molecular flexibility index (Phi) is 5.52. The van der Waals surface area contributed by atoms with E-state index < -0.39 is 0 Å². The molecule has 8 rings (SSSR count). The van der Waals surface area contributed by atoms with Gasteiger partial charge in [0.15, 0.2) is 0 Å². The monoisotopic (exact) mass is 538 g/mol. The van der Waals surface area contributed by atoms with Gasteiger partial charge in [-0.15, -0.1) is 0 Å². The molecule has 200 valence electrons. The van der Waals surface area contributed by atoms with Crippen molar-refractivity contribution in [2.24, 2.45) is 0 Å². The summed E-state index contributed by atoms with van der Waals surface area (Å²) in [5.74, 6) is 0. The van der Waals surface area contributed by atoms with Crippen LogP contribution in [0.4, 0.5) is 17.1 Å². The smallest absolute Gasteiger partial charge is 0.0801 e. The molecular formula is C40H30N2. The SMILES string of the molecule is CC1(C)c2ccccc2-c2cccc(N(c3ccc(-c4ccccc4)cc3)c3cccc4ccc5cccnc5c34)c21. The van der Waals surface area contributed by atoms with Gasteiger partial charge in [-0.05, 0) is 69.1 Å². The fourth-order valence-corrected chi connectivity index (χ4v) is 6.93. The molecule has 1 heterocycles. The van der Waals surface area contributed by atoms with Gasteiger partial charge in [0, 0.05) is 28.1 Å². The van der Waals surface area contributed by atoms with Gasteiger partial charge in [0.2, 0.25) is 0 Å². The topological polar surface area (TPSA) is 16.1 Å². The molecule has 0 bridgehead atoms. The molecule has 0 fully saturated rings. The quantitative estimate of drug-likeness (QED) is 0.207. The minimum Gasteiger partial charge on any atom is -0.309 e. The summed E-state index contributed by atoms with van der Waals surface area (Å²) in [7, 11) is 0. The fraction of sp³-hybridized carbons (Fsp3) is 0.0750. The zero-order chi connectivity index (χ0) is 28.3. The summed E-state index contributed by atoms with van der Waals surface area (Å²) >= 11 is 0. The summed E-state index contributed by atoms with van der Waals surface area (Å²) < 4.78 is 0. The number of pyridine rings is 1. The van der Waals surface area contributed by atoms with Crippen molar-refractivity contribution < 1.29 is 0 Å². The lowest BCUT2D eigenvalue weighted by Crippen LogP contribution is -2.20. The second kappa shape index (κ2) is 9.43. The zero-order valence-corrected chi connectivity index (χ0v) is 23.8. The molecule has 0 N–H and O–H groups in total. The van der Waals surface area contributed by atoms with Crippen LogP contribution in [0.3, 0.4) is 0 Å². The standard InChI is InChI=1S/C40H30N2/c1-40(2)34-17-7-6-15-32(34)33-16-9-19-36(38(33)40)42(31-24-22-28(23-25-31)27-11-4-3-5-12-27)35-18-8-13-29-20-21-30-14-10-26-41-39(30)37(29)35/h3-26H,1-2H3. The van der Waals surface area contributed by atoms with Crippen LogP contribution < -0.4 is 4.90 Å². The van der Waals surface area contributed by atoms with Gasteiger partial charge in [-0.2, -0.15) is 0 Å². The van der Waals surface area contributed by atoms with Crippen molar-refractivity contribution >= 4 is 38.7 Å². The van der Waals surface area contributed by atoms with E-state index in [0.717, 1.165) is 27.7 Å². The van der Waals surface area contributed by atoms with E-state index in [1.54, 1.807) is 0 Å². The van der Waals surface area contributed by atoms with E-state index in [1.807, 2.05) is 12.3 Å². The summed E-state index contributed by atoms with van der Waals surface area (Å²) in [5.41, 5.74) is 12.1. The molecule has 42 heavy (non-hydrogen) atoms. The first kappa shape index (κ1) is 24.6. The van der Waals surface area contributed by atoms with Crippen molar-refractivity contribution in [3.8, 4) is 22.3 Å². The number of fused-ring (bicyclic) bond motifs is 6. The first-order valence-corrected chi connectivity index (χ1v) is 14.6. The predicted molar refractivity (Wildman–Crippen MR) is 177 cm³/mol. The van der Waals surface area contributed by atoms with Crippen LogP contribution in [0.15, 0.2) is 146 Å². The highest BCUT2D eigenvalue weighted by Crippen LogP contribution is 2.54. The lowest BCUT2D eigenvalue weighted by molar-refractivity contribution is 0.661. The van der Waals surface area contributed by atoms with Gasteiger partial charge in [-0.3, -0.25) is 4.98 Å². The van der Waals surface area contributed by atoms with Gasteiger partial charge in [0.05, 0.1) is 16.9 Å². The van der Waals surface area contributed by atoms with E-state index in [-0.39, 0.29) is 5.41 Å². The third-order valence-corrected chi connectivity index (χ3v) is 8.87. The molecule has 0 atom stereocenters. The minimum atomic E-state index is -0.157. The molecule has 0 saturated heterocycles. The normalized spacial score (nSPS) is 13.2. The molecule has 1 aliphatic carbocycles. The summed E-state index contributed by atoms with van der Waals surface area (Å²) in [6.45, 7) is 4.72. The summed E-state index contributed by atoms with van der Waals surface area (Å²) in [4.78, 5) is 7.36. The van der Waals surface area contributed by atoms with E-state index in [4.69, 9.17) is 4.98 Å². The third kappa shape index (κ3) is 3.69. The highest BCUT2D eigenvalue weighted by atomic mass is 15.1. The number of hydrogen-bond acceptors (Lipinski definition) is 2. The molecule has 1 aromatic heterocycles. The van der Waals surface area contributed by atoms with Crippen molar-refractivity contribution in [1.29, 1.82) is 0 Å². The number of rotatable bonds is 4. The van der Waals surface area contributed by atoms with Crippen LogP contribution in [0, 0.1) is 0 Å². The first-order valence-electron chi connectivity index (χ1n) is 14.6. The summed E-state index contributed by atoms with van der Waals surface area (Å²) in [6.07, 6.45) is 1.90. The van der Waals surface area contributed by atoms with Gasteiger partial charge >= 0.3 is 0 Å². The molecule has 2 nitrogen and oxygen atoms in total. The molecule has 0 aliphatic heterocycles. The molecule has 7 aromatic rings. The maximum atomic E-state index is 4.90. The number of nitrogens with zero attached hydrogens (tertiary/aromatic N) is 2. The van der Waals surface area contributed by atoms with Crippen LogP contribution in [-0.2, 0) is 5.41 Å². The average molecular weight is 539 g/mol. The Morgan fingerprint density at radius 1 is 0.524 bits per heavy atom. The Labute approximate surface area is 246 Å². The van der Waals surface area contributed by atoms with E-state index >= 15 is 0 Å². The first-order chi connectivity index (χ1) is 20.6. The van der Waals surface area contributed by atoms with Crippen molar-refractivity contribution in [2.75, 3.05) is 4.90 Å². The van der Waals surface area contributed by atoms with Gasteiger partial charge in [0.1, 0.15) is 0 Å². The summed E-state index contributed by atoms with van der Waals surface area (Å²) in [5, 5.41) is 3.48. The molecule has 0 saturated carbocycles. The van der Waals surface area contributed by atoms with E-state index in [9.17, 15) is 0 Å². The highest BCUT2D eigenvalue weighted by Gasteiger charge is 2.38. The number of hydrogen-bond donors (Lipinski definition) is 0. The van der Waals surface area contributed by atoms with E-state index in [0.29, 0.717) is 0 Å². The summed E-state index contributed by atoms with van der Waals surface area (Å²) in [6, 6.07) is 50.4. The van der Waals surface area contributed by atoms with Crippen LogP contribution in [0.2, 0.25) is 0 Å². The second-order valence-corrected chi connectivity index (χ2v) is 11.6. The molecule has 1 aliphatic rings. The third-order valence-electron chi connectivity index (χ3n) is 8.87. The number of aromatic nitrogens is 1. The molecule has 0 unspecified atom stereocenters. The fourth-order valence-electron chi connectivity index (χ4n) is 6.93. The largest absolute Gasteiger partial charge is 0.309 e. The predicted octanol–water partition coefficient (Wildman–Crippen LogP) is 10.8. The Morgan fingerprint density at radius 3 is 2.05 bits per heavy atom. The van der Waals surface area contributed by atoms with Crippen molar-refractivity contribution in [1.82, 2.24) is 4.98 Å². The molecular weight excluding hydrogens is 508 g/mol. The maximum absolute atomic E-state index is 4.90. The Hall–Kier alpha value is -5.21. The average Bonchev–Trinajstić information content (AvgIpc) is 3.29. The van der Waals surface area contributed by atoms with E-state index in [2.05, 4.69) is 152 Å². The molecule has 2 heteroatoms. The van der Waals surface area contributed by atoms with Gasteiger partial charge in [0.25, 0.3) is 0 Å². The van der Waals surface area contributed by atoms with Crippen molar-refractivity contribution in [3.63, 3.8) is 0 Å². The lowest BCUT2D eigenvalue weighted by Gasteiger charge is -2.33. The molecule has 0 spiro atoms. The maximum Gasteiger partial charge on any atom is 0.0801 e. The Bertz CT molecular complexity index is 2110.